The molecule has 0 saturated heterocycles. The zero-order valence-corrected chi connectivity index (χ0v) is 11.4. The molecule has 4 nitrogen and oxygen atoms in total. The van der Waals surface area contributed by atoms with Gasteiger partial charge in [-0.25, -0.2) is 4.79 Å². The lowest BCUT2D eigenvalue weighted by molar-refractivity contribution is -0.116. The van der Waals surface area contributed by atoms with Gasteiger partial charge in [-0.3, -0.25) is 4.79 Å². The molecular weight excluding hydrogens is 254 g/mol. The predicted octanol–water partition coefficient (Wildman–Crippen LogP) is 3.00. The van der Waals surface area contributed by atoms with Crippen LogP contribution in [0, 0.1) is 0 Å². The predicted molar refractivity (Wildman–Crippen MR) is 78.2 cm³/mol. The maximum absolute atomic E-state index is 11.7. The number of carbonyl (C=O) groups is 2. The van der Waals surface area contributed by atoms with Crippen molar-refractivity contribution < 1.29 is 14.3 Å². The van der Waals surface area contributed by atoms with E-state index in [1.54, 1.807) is 6.08 Å². The van der Waals surface area contributed by atoms with Gasteiger partial charge in [0.2, 0.25) is 0 Å². The molecule has 0 bridgehead atoms. The molecule has 0 radical (unpaired) electrons. The smallest absolute Gasteiger partial charge is 0.408 e. The molecule has 0 spiro atoms. The number of carbonyl (C=O) groups excluding carboxylic acids is 2. The summed E-state index contributed by atoms with van der Waals surface area (Å²) in [6.07, 6.45) is 3.39. The van der Waals surface area contributed by atoms with Crippen molar-refractivity contribution in [2.45, 2.75) is 25.5 Å². The summed E-state index contributed by atoms with van der Waals surface area (Å²) in [7, 11) is 0. The molecule has 0 aromatic heterocycles. The van der Waals surface area contributed by atoms with Crippen LogP contribution < -0.4 is 5.32 Å². The van der Waals surface area contributed by atoms with E-state index in [0.717, 1.165) is 5.56 Å². The Kier molecular flexibility index (Phi) is 6.82. The topological polar surface area (TPSA) is 55.4 Å². The SMILES string of the molecule is C=CCCC(NC(=O)OCc1ccccc1)C(=O)C=C. The first-order valence-corrected chi connectivity index (χ1v) is 6.41. The van der Waals surface area contributed by atoms with Crippen LogP contribution in [0.25, 0.3) is 0 Å². The van der Waals surface area contributed by atoms with E-state index < -0.39 is 12.1 Å². The largest absolute Gasteiger partial charge is 0.445 e. The van der Waals surface area contributed by atoms with Crippen LogP contribution in [0.4, 0.5) is 4.79 Å². The number of allylic oxidation sites excluding steroid dienone is 1. The maximum atomic E-state index is 11.7. The van der Waals surface area contributed by atoms with Crippen molar-refractivity contribution in [3.05, 3.63) is 61.2 Å². The molecule has 1 rings (SSSR count). The first-order chi connectivity index (χ1) is 9.67. The number of rotatable bonds is 8. The zero-order chi connectivity index (χ0) is 14.8. The molecule has 0 heterocycles. The molecule has 1 atom stereocenters. The first kappa shape index (κ1) is 15.7. The number of hydrogen-bond acceptors (Lipinski definition) is 3. The van der Waals surface area contributed by atoms with E-state index in [1.165, 1.54) is 6.08 Å². The van der Waals surface area contributed by atoms with Crippen molar-refractivity contribution >= 4 is 11.9 Å². The van der Waals surface area contributed by atoms with Gasteiger partial charge in [-0.1, -0.05) is 43.0 Å². The Morgan fingerprint density at radius 1 is 1.25 bits per heavy atom. The van der Waals surface area contributed by atoms with Crippen LogP contribution in [-0.4, -0.2) is 17.9 Å². The normalized spacial score (nSPS) is 11.2. The average molecular weight is 273 g/mol. The van der Waals surface area contributed by atoms with Gasteiger partial charge >= 0.3 is 6.09 Å². The van der Waals surface area contributed by atoms with Gasteiger partial charge in [0.05, 0.1) is 6.04 Å². The third-order valence-corrected chi connectivity index (χ3v) is 2.71. The van der Waals surface area contributed by atoms with Crippen LogP contribution in [0.3, 0.4) is 0 Å². The van der Waals surface area contributed by atoms with Crippen molar-refractivity contribution in [2.24, 2.45) is 0 Å². The Morgan fingerprint density at radius 2 is 1.95 bits per heavy atom. The lowest BCUT2D eigenvalue weighted by atomic mass is 10.1. The minimum Gasteiger partial charge on any atom is -0.445 e. The fraction of sp³-hybridized carbons (Fsp3) is 0.250. The van der Waals surface area contributed by atoms with Gasteiger partial charge in [0.25, 0.3) is 0 Å². The second kappa shape index (κ2) is 8.69. The van der Waals surface area contributed by atoms with Gasteiger partial charge in [0, 0.05) is 0 Å². The maximum Gasteiger partial charge on any atom is 0.408 e. The second-order valence-corrected chi connectivity index (χ2v) is 4.23. The lowest BCUT2D eigenvalue weighted by Crippen LogP contribution is -2.40. The molecule has 1 amide bonds. The van der Waals surface area contributed by atoms with E-state index in [2.05, 4.69) is 18.5 Å². The van der Waals surface area contributed by atoms with Gasteiger partial charge in [-0.15, -0.1) is 6.58 Å². The van der Waals surface area contributed by atoms with Crippen LogP contribution >= 0.6 is 0 Å². The number of benzene rings is 1. The Hall–Kier alpha value is -2.36. The number of hydrogen-bond donors (Lipinski definition) is 1. The Balaban J connectivity index is 2.46. The van der Waals surface area contributed by atoms with E-state index in [-0.39, 0.29) is 12.4 Å². The van der Waals surface area contributed by atoms with E-state index in [4.69, 9.17) is 4.74 Å². The standard InChI is InChI=1S/C16H19NO3/c1-3-5-11-14(15(18)4-2)17-16(19)20-12-13-9-7-6-8-10-13/h3-4,6-10,14H,1-2,5,11-12H2,(H,17,19). The molecule has 0 aliphatic heterocycles. The second-order valence-electron chi connectivity index (χ2n) is 4.23. The van der Waals surface area contributed by atoms with Crippen molar-refractivity contribution in [3.8, 4) is 0 Å². The van der Waals surface area contributed by atoms with Crippen molar-refractivity contribution in [1.82, 2.24) is 5.32 Å². The molecule has 0 aliphatic carbocycles. The van der Waals surface area contributed by atoms with Crippen LogP contribution in [0.1, 0.15) is 18.4 Å². The fourth-order valence-corrected chi connectivity index (χ4v) is 1.62. The lowest BCUT2D eigenvalue weighted by Gasteiger charge is -2.15. The summed E-state index contributed by atoms with van der Waals surface area (Å²) in [4.78, 5) is 23.3. The number of ether oxygens (including phenoxy) is 1. The van der Waals surface area contributed by atoms with E-state index in [1.807, 2.05) is 30.3 Å². The summed E-state index contributed by atoms with van der Waals surface area (Å²) >= 11 is 0. The molecule has 0 aliphatic rings. The highest BCUT2D eigenvalue weighted by atomic mass is 16.5. The Labute approximate surface area is 119 Å². The van der Waals surface area contributed by atoms with E-state index >= 15 is 0 Å². The number of ketones is 1. The fourth-order valence-electron chi connectivity index (χ4n) is 1.62. The number of alkyl carbamates (subject to hydrolysis) is 1. The Bertz CT molecular complexity index is 468. The number of amides is 1. The van der Waals surface area contributed by atoms with E-state index in [0.29, 0.717) is 12.8 Å². The molecule has 20 heavy (non-hydrogen) atoms. The van der Waals surface area contributed by atoms with Crippen molar-refractivity contribution in [2.75, 3.05) is 0 Å². The van der Waals surface area contributed by atoms with Crippen LogP contribution in [0.15, 0.2) is 55.6 Å². The summed E-state index contributed by atoms with van der Waals surface area (Å²) in [5, 5.41) is 2.54. The molecule has 4 heteroatoms. The first-order valence-electron chi connectivity index (χ1n) is 6.41. The summed E-state index contributed by atoms with van der Waals surface area (Å²) in [6, 6.07) is 8.72. The summed E-state index contributed by atoms with van der Waals surface area (Å²) in [5.41, 5.74) is 0.889. The van der Waals surface area contributed by atoms with Gasteiger partial charge in [0.1, 0.15) is 6.61 Å². The molecule has 0 fully saturated rings. The molecule has 106 valence electrons. The quantitative estimate of drug-likeness (QED) is 0.585. The summed E-state index contributed by atoms with van der Waals surface area (Å²) in [5.74, 6) is -0.233. The van der Waals surface area contributed by atoms with Gasteiger partial charge < -0.3 is 10.1 Å². The third kappa shape index (κ3) is 5.52. The third-order valence-electron chi connectivity index (χ3n) is 2.71. The molecular formula is C16H19NO3. The zero-order valence-electron chi connectivity index (χ0n) is 11.4. The molecule has 1 aromatic carbocycles. The summed E-state index contributed by atoms with van der Waals surface area (Å²) in [6.45, 7) is 7.18. The van der Waals surface area contributed by atoms with Crippen LogP contribution in [-0.2, 0) is 16.1 Å². The van der Waals surface area contributed by atoms with Gasteiger partial charge in [-0.05, 0) is 24.5 Å². The minimum atomic E-state index is -0.617. The average Bonchev–Trinajstić information content (AvgIpc) is 2.49. The number of nitrogens with one attached hydrogen (secondary N) is 1. The monoisotopic (exact) mass is 273 g/mol. The molecule has 0 saturated carbocycles. The van der Waals surface area contributed by atoms with Crippen molar-refractivity contribution in [1.29, 1.82) is 0 Å². The minimum absolute atomic E-state index is 0.170. The molecule has 1 aromatic rings. The summed E-state index contributed by atoms with van der Waals surface area (Å²) < 4.78 is 5.07. The van der Waals surface area contributed by atoms with Crippen LogP contribution in [0.2, 0.25) is 0 Å². The Morgan fingerprint density at radius 3 is 2.55 bits per heavy atom. The highest BCUT2D eigenvalue weighted by molar-refractivity contribution is 5.95. The highest BCUT2D eigenvalue weighted by Crippen LogP contribution is 2.03. The van der Waals surface area contributed by atoms with Gasteiger partial charge in [0.15, 0.2) is 5.78 Å². The van der Waals surface area contributed by atoms with Crippen molar-refractivity contribution in [3.63, 3.8) is 0 Å². The highest BCUT2D eigenvalue weighted by Gasteiger charge is 2.18. The molecule has 1 N–H and O–H groups in total. The molecule has 1 unspecified atom stereocenters. The van der Waals surface area contributed by atoms with Crippen LogP contribution in [0.5, 0.6) is 0 Å². The van der Waals surface area contributed by atoms with Gasteiger partial charge in [-0.2, -0.15) is 0 Å². The van der Waals surface area contributed by atoms with E-state index in [9.17, 15) is 9.59 Å².